The van der Waals surface area contributed by atoms with Gasteiger partial charge in [-0.3, -0.25) is 9.89 Å². The molecule has 1 atom stereocenters. The zero-order valence-corrected chi connectivity index (χ0v) is 19.7. The lowest BCUT2D eigenvalue weighted by Crippen LogP contribution is -2.56. The van der Waals surface area contributed by atoms with Gasteiger partial charge in [0, 0.05) is 73.2 Å². The molecule has 0 amide bonds. The van der Waals surface area contributed by atoms with E-state index in [9.17, 15) is 8.78 Å². The lowest BCUT2D eigenvalue weighted by atomic mass is 9.59. The summed E-state index contributed by atoms with van der Waals surface area (Å²) in [7, 11) is 3.32. The number of halogens is 2. The summed E-state index contributed by atoms with van der Waals surface area (Å²) in [5, 5.41) is 1.12. The summed E-state index contributed by atoms with van der Waals surface area (Å²) in [6, 6.07) is 4.03. The molecule has 1 spiro atoms. The van der Waals surface area contributed by atoms with Crippen LogP contribution in [0, 0.1) is 12.3 Å². The highest BCUT2D eigenvalue weighted by Gasteiger charge is 2.58. The van der Waals surface area contributed by atoms with E-state index in [2.05, 4.69) is 27.9 Å². The van der Waals surface area contributed by atoms with E-state index in [0.717, 1.165) is 39.8 Å². The molecule has 1 aromatic heterocycles. The van der Waals surface area contributed by atoms with Gasteiger partial charge < -0.3 is 20.2 Å². The van der Waals surface area contributed by atoms with Crippen molar-refractivity contribution in [1.29, 1.82) is 0 Å². The second-order valence-corrected chi connectivity index (χ2v) is 9.49. The van der Waals surface area contributed by atoms with Crippen molar-refractivity contribution in [1.82, 2.24) is 9.88 Å². The van der Waals surface area contributed by atoms with Crippen molar-refractivity contribution < 1.29 is 18.3 Å². The number of aromatic nitrogens is 1. The summed E-state index contributed by atoms with van der Waals surface area (Å²) in [6.07, 6.45) is 6.60. The van der Waals surface area contributed by atoms with Gasteiger partial charge in [0.2, 0.25) is 5.92 Å². The van der Waals surface area contributed by atoms with Crippen molar-refractivity contribution >= 4 is 17.1 Å². The fourth-order valence-electron chi connectivity index (χ4n) is 5.60. The van der Waals surface area contributed by atoms with E-state index >= 15 is 0 Å². The molecule has 8 heteroatoms. The molecule has 1 saturated heterocycles. The Labute approximate surface area is 193 Å². The third-order valence-electron chi connectivity index (χ3n) is 7.20. The molecule has 180 valence electrons. The van der Waals surface area contributed by atoms with Gasteiger partial charge in [0.25, 0.3) is 0 Å². The van der Waals surface area contributed by atoms with E-state index in [1.807, 2.05) is 12.3 Å². The van der Waals surface area contributed by atoms with Crippen LogP contribution in [0.15, 0.2) is 35.1 Å². The van der Waals surface area contributed by atoms with Crippen LogP contribution in [0.5, 0.6) is 5.75 Å². The number of H-pyrrole nitrogens is 1. The SMILES string of the molecule is COCCN=C/C(=C\N)C1CC2(CCN1Cc1c(OC)cc(C)c3[nH]ccc13)CC(F)(F)C2. The Hall–Kier alpha value is -2.45. The van der Waals surface area contributed by atoms with Crippen molar-refractivity contribution in [2.45, 2.75) is 51.1 Å². The molecule has 1 unspecified atom stereocenters. The minimum Gasteiger partial charge on any atom is -0.496 e. The number of ether oxygens (including phenoxy) is 2. The van der Waals surface area contributed by atoms with E-state index < -0.39 is 5.92 Å². The van der Waals surface area contributed by atoms with Crippen LogP contribution in [0.4, 0.5) is 8.78 Å². The van der Waals surface area contributed by atoms with Gasteiger partial charge in [0.1, 0.15) is 5.75 Å². The molecular weight excluding hydrogens is 426 g/mol. The number of likely N-dealkylation sites (tertiary alicyclic amines) is 1. The molecule has 6 nitrogen and oxygen atoms in total. The van der Waals surface area contributed by atoms with Crippen molar-refractivity contribution in [3.63, 3.8) is 0 Å². The maximum absolute atomic E-state index is 13.9. The number of nitrogens with one attached hydrogen (secondary N) is 1. The summed E-state index contributed by atoms with van der Waals surface area (Å²) in [5.41, 5.74) is 9.86. The predicted octanol–water partition coefficient (Wildman–Crippen LogP) is 4.42. The number of fused-ring (bicyclic) bond motifs is 1. The fourth-order valence-corrected chi connectivity index (χ4v) is 5.60. The molecule has 0 radical (unpaired) electrons. The Morgan fingerprint density at radius 1 is 1.36 bits per heavy atom. The zero-order valence-electron chi connectivity index (χ0n) is 19.7. The van der Waals surface area contributed by atoms with Crippen LogP contribution in [-0.2, 0) is 11.3 Å². The molecule has 1 saturated carbocycles. The minimum atomic E-state index is -2.55. The highest BCUT2D eigenvalue weighted by Crippen LogP contribution is 2.59. The number of aliphatic imine (C=N–C) groups is 1. The Bertz CT molecular complexity index is 1040. The number of methoxy groups -OCH3 is 2. The van der Waals surface area contributed by atoms with Crippen LogP contribution < -0.4 is 10.5 Å². The zero-order chi connectivity index (χ0) is 23.6. The van der Waals surface area contributed by atoms with Crippen LogP contribution in [-0.4, -0.2) is 62.0 Å². The van der Waals surface area contributed by atoms with E-state index in [1.165, 1.54) is 0 Å². The van der Waals surface area contributed by atoms with Crippen LogP contribution in [0.3, 0.4) is 0 Å². The van der Waals surface area contributed by atoms with Gasteiger partial charge in [-0.1, -0.05) is 0 Å². The summed E-state index contributed by atoms with van der Waals surface area (Å²) in [5.74, 6) is -1.72. The van der Waals surface area contributed by atoms with Gasteiger partial charge in [-0.05, 0) is 49.4 Å². The van der Waals surface area contributed by atoms with Crippen LogP contribution in [0.25, 0.3) is 10.9 Å². The summed E-state index contributed by atoms with van der Waals surface area (Å²) < 4.78 is 38.6. The number of aryl methyl sites for hydroxylation is 1. The Balaban J connectivity index is 1.65. The van der Waals surface area contributed by atoms with Gasteiger partial charge in [0.15, 0.2) is 0 Å². The third kappa shape index (κ3) is 4.77. The normalized spacial score (nSPS) is 22.8. The average molecular weight is 461 g/mol. The van der Waals surface area contributed by atoms with E-state index in [-0.39, 0.29) is 24.3 Å². The maximum atomic E-state index is 13.9. The predicted molar refractivity (Wildman–Crippen MR) is 127 cm³/mol. The van der Waals surface area contributed by atoms with Gasteiger partial charge in [0.05, 0.1) is 20.3 Å². The second-order valence-electron chi connectivity index (χ2n) is 9.49. The van der Waals surface area contributed by atoms with E-state index in [4.69, 9.17) is 15.2 Å². The fraction of sp³-hybridized carbons (Fsp3) is 0.560. The van der Waals surface area contributed by atoms with Gasteiger partial charge >= 0.3 is 0 Å². The van der Waals surface area contributed by atoms with Crippen LogP contribution >= 0.6 is 0 Å². The molecule has 1 aliphatic heterocycles. The largest absolute Gasteiger partial charge is 0.496 e. The molecule has 2 fully saturated rings. The number of piperidine rings is 1. The monoisotopic (exact) mass is 460 g/mol. The lowest BCUT2D eigenvalue weighted by Gasteiger charge is -2.54. The van der Waals surface area contributed by atoms with Gasteiger partial charge in [-0.15, -0.1) is 0 Å². The first-order valence-corrected chi connectivity index (χ1v) is 11.5. The standard InChI is InChI=1S/C25H34F2N4O2/c1-17-10-22(33-3)20(19-4-6-30-23(17)19)14-31-8-5-24(15-25(26,27)16-24)11-21(31)18(12-28)13-29-7-9-32-2/h4,6,10,12-13,21,30H,5,7-9,11,14-16,28H2,1-3H3/b18-12+,29-13?. The topological polar surface area (TPSA) is 75.9 Å². The number of nitrogens with zero attached hydrogens (tertiary/aromatic N) is 2. The van der Waals surface area contributed by atoms with Crippen LogP contribution in [0.1, 0.15) is 36.8 Å². The number of hydrogen-bond donors (Lipinski definition) is 2. The Kier molecular flexibility index (Phi) is 6.77. The highest BCUT2D eigenvalue weighted by molar-refractivity contribution is 5.88. The summed E-state index contributed by atoms with van der Waals surface area (Å²) >= 11 is 0. The van der Waals surface area contributed by atoms with Gasteiger partial charge in [-0.2, -0.15) is 0 Å². The smallest absolute Gasteiger partial charge is 0.249 e. The number of alkyl halides is 2. The lowest BCUT2D eigenvalue weighted by molar-refractivity contribution is -0.183. The number of aromatic amines is 1. The minimum absolute atomic E-state index is 0.0427. The number of hydrogen-bond acceptors (Lipinski definition) is 5. The van der Waals surface area contributed by atoms with Crippen molar-refractivity contribution in [3.8, 4) is 5.75 Å². The molecule has 4 rings (SSSR count). The Morgan fingerprint density at radius 2 is 2.15 bits per heavy atom. The molecule has 2 aliphatic rings. The molecule has 1 aromatic carbocycles. The molecule has 33 heavy (non-hydrogen) atoms. The first-order chi connectivity index (χ1) is 15.8. The van der Waals surface area contributed by atoms with Crippen molar-refractivity contribution in [2.75, 3.05) is 33.9 Å². The average Bonchev–Trinajstić information content (AvgIpc) is 3.26. The van der Waals surface area contributed by atoms with Crippen molar-refractivity contribution in [2.24, 2.45) is 16.1 Å². The number of nitrogens with two attached hydrogens (primary N) is 1. The Morgan fingerprint density at radius 3 is 2.82 bits per heavy atom. The molecule has 1 aliphatic carbocycles. The number of benzene rings is 1. The third-order valence-corrected chi connectivity index (χ3v) is 7.20. The van der Waals surface area contributed by atoms with Gasteiger partial charge in [-0.25, -0.2) is 8.78 Å². The molecule has 2 aromatic rings. The summed E-state index contributed by atoms with van der Waals surface area (Å²) in [6.45, 7) is 4.46. The summed E-state index contributed by atoms with van der Waals surface area (Å²) in [4.78, 5) is 10.1. The van der Waals surface area contributed by atoms with Crippen LogP contribution in [0.2, 0.25) is 0 Å². The van der Waals surface area contributed by atoms with Crippen molar-refractivity contribution in [3.05, 3.63) is 41.2 Å². The molecule has 3 N–H and O–H groups in total. The van der Waals surface area contributed by atoms with E-state index in [1.54, 1.807) is 26.6 Å². The highest BCUT2D eigenvalue weighted by atomic mass is 19.3. The van der Waals surface area contributed by atoms with E-state index in [0.29, 0.717) is 32.7 Å². The molecule has 2 heterocycles. The first kappa shape index (κ1) is 23.7. The quantitative estimate of drug-likeness (QED) is 0.452. The first-order valence-electron chi connectivity index (χ1n) is 11.5. The molecular formula is C25H34F2N4O2. The maximum Gasteiger partial charge on any atom is 0.249 e. The second kappa shape index (κ2) is 9.43. The molecule has 0 bridgehead atoms. The number of rotatable bonds is 8.